The number of likely N-dealkylation sites (tertiary alicyclic amines) is 1. The zero-order chi connectivity index (χ0) is 13.1. The van der Waals surface area contributed by atoms with Crippen LogP contribution in [0.5, 0.6) is 0 Å². The van der Waals surface area contributed by atoms with Crippen LogP contribution in [0.3, 0.4) is 0 Å². The maximum atomic E-state index is 12.6. The fraction of sp³-hybridized carbons (Fsp3) is 0.500. The van der Waals surface area contributed by atoms with E-state index in [1.807, 2.05) is 18.0 Å². The molecule has 1 saturated heterocycles. The predicted molar refractivity (Wildman–Crippen MR) is 75.3 cm³/mol. The summed E-state index contributed by atoms with van der Waals surface area (Å²) in [6, 6.07) is 5.71. The Morgan fingerprint density at radius 1 is 1.44 bits per heavy atom. The lowest BCUT2D eigenvalue weighted by Crippen LogP contribution is -2.42. The number of rotatable bonds is 2. The Bertz CT molecular complexity index is 447. The van der Waals surface area contributed by atoms with Gasteiger partial charge in [0.1, 0.15) is 0 Å². The molecule has 0 bridgehead atoms. The second-order valence-corrected chi connectivity index (χ2v) is 5.22. The van der Waals surface area contributed by atoms with Crippen molar-refractivity contribution in [3.8, 4) is 0 Å². The Balaban J connectivity index is 2.29. The molecule has 98 valence electrons. The Kier molecular flexibility index (Phi) is 4.12. The van der Waals surface area contributed by atoms with Crippen LogP contribution in [-0.2, 0) is 0 Å². The first-order valence-electron chi connectivity index (χ1n) is 6.41. The summed E-state index contributed by atoms with van der Waals surface area (Å²) < 4.78 is 0. The highest BCUT2D eigenvalue weighted by molar-refractivity contribution is 6.31. The Hall–Kier alpha value is -1.22. The molecule has 1 aliphatic rings. The van der Waals surface area contributed by atoms with Crippen LogP contribution in [0, 0.1) is 0 Å². The van der Waals surface area contributed by atoms with Crippen molar-refractivity contribution in [2.24, 2.45) is 0 Å². The van der Waals surface area contributed by atoms with Crippen molar-refractivity contribution >= 4 is 23.2 Å². The first-order valence-corrected chi connectivity index (χ1v) is 6.79. The van der Waals surface area contributed by atoms with Gasteiger partial charge in [0.2, 0.25) is 0 Å². The number of halogens is 1. The summed E-state index contributed by atoms with van der Waals surface area (Å²) in [7, 11) is 1.82. The van der Waals surface area contributed by atoms with Gasteiger partial charge in [0.05, 0.1) is 5.56 Å². The lowest BCUT2D eigenvalue weighted by Gasteiger charge is -2.34. The van der Waals surface area contributed by atoms with Gasteiger partial charge in [-0.2, -0.15) is 0 Å². The summed E-state index contributed by atoms with van der Waals surface area (Å²) in [4.78, 5) is 14.5. The van der Waals surface area contributed by atoms with Crippen LogP contribution in [0.25, 0.3) is 0 Å². The molecule has 1 N–H and O–H groups in total. The van der Waals surface area contributed by atoms with Crippen LogP contribution in [0.2, 0.25) is 5.02 Å². The van der Waals surface area contributed by atoms with E-state index in [2.05, 4.69) is 12.2 Å². The van der Waals surface area contributed by atoms with E-state index in [1.165, 1.54) is 6.42 Å². The molecule has 1 heterocycles. The van der Waals surface area contributed by atoms with Crippen LogP contribution in [-0.4, -0.2) is 30.4 Å². The van der Waals surface area contributed by atoms with Crippen molar-refractivity contribution in [2.45, 2.75) is 32.2 Å². The van der Waals surface area contributed by atoms with E-state index < -0.39 is 0 Å². The molecule has 0 spiro atoms. The molecule has 0 radical (unpaired) electrons. The monoisotopic (exact) mass is 266 g/mol. The van der Waals surface area contributed by atoms with Crippen molar-refractivity contribution in [2.75, 3.05) is 18.9 Å². The Morgan fingerprint density at radius 3 is 2.89 bits per heavy atom. The first-order chi connectivity index (χ1) is 8.63. The molecule has 1 amide bonds. The van der Waals surface area contributed by atoms with Crippen LogP contribution in [0.1, 0.15) is 36.5 Å². The van der Waals surface area contributed by atoms with Crippen molar-refractivity contribution in [1.82, 2.24) is 4.90 Å². The number of nitrogens with one attached hydrogen (secondary N) is 1. The second kappa shape index (κ2) is 5.61. The molecule has 0 saturated carbocycles. The molecule has 1 aliphatic heterocycles. The highest BCUT2D eigenvalue weighted by Crippen LogP contribution is 2.25. The molecular formula is C14H19ClN2O. The van der Waals surface area contributed by atoms with Gasteiger partial charge in [-0.05, 0) is 44.4 Å². The van der Waals surface area contributed by atoms with Crippen molar-refractivity contribution < 1.29 is 4.79 Å². The van der Waals surface area contributed by atoms with E-state index in [4.69, 9.17) is 11.6 Å². The number of carbonyl (C=O) groups excluding carboxylic acids is 1. The van der Waals surface area contributed by atoms with E-state index >= 15 is 0 Å². The van der Waals surface area contributed by atoms with E-state index in [9.17, 15) is 4.79 Å². The maximum absolute atomic E-state index is 12.6. The number of carbonyl (C=O) groups is 1. The van der Waals surface area contributed by atoms with Gasteiger partial charge in [0, 0.05) is 30.3 Å². The van der Waals surface area contributed by atoms with Gasteiger partial charge in [-0.25, -0.2) is 0 Å². The number of nitrogens with zero attached hydrogens (tertiary/aromatic N) is 1. The highest BCUT2D eigenvalue weighted by atomic mass is 35.5. The Labute approximate surface area is 113 Å². The van der Waals surface area contributed by atoms with Gasteiger partial charge >= 0.3 is 0 Å². The topological polar surface area (TPSA) is 32.3 Å². The number of hydrogen-bond donors (Lipinski definition) is 1. The summed E-state index contributed by atoms with van der Waals surface area (Å²) in [5.41, 5.74) is 1.50. The minimum Gasteiger partial charge on any atom is -0.387 e. The molecule has 1 atom stereocenters. The predicted octanol–water partition coefficient (Wildman–Crippen LogP) is 3.40. The molecule has 18 heavy (non-hydrogen) atoms. The first kappa shape index (κ1) is 13.2. The van der Waals surface area contributed by atoms with Crippen LogP contribution in [0.15, 0.2) is 18.2 Å². The second-order valence-electron chi connectivity index (χ2n) is 4.78. The van der Waals surface area contributed by atoms with Crippen LogP contribution >= 0.6 is 11.6 Å². The molecule has 0 aromatic heterocycles. The van der Waals surface area contributed by atoms with Gasteiger partial charge < -0.3 is 10.2 Å². The highest BCUT2D eigenvalue weighted by Gasteiger charge is 2.25. The number of amides is 1. The minimum absolute atomic E-state index is 0.0778. The fourth-order valence-corrected chi connectivity index (χ4v) is 2.64. The van der Waals surface area contributed by atoms with Crippen LogP contribution < -0.4 is 5.32 Å². The van der Waals surface area contributed by atoms with Crippen molar-refractivity contribution in [1.29, 1.82) is 0 Å². The molecule has 1 aromatic rings. The van der Waals surface area contributed by atoms with E-state index in [0.29, 0.717) is 16.6 Å². The van der Waals surface area contributed by atoms with Crippen molar-refractivity contribution in [3.05, 3.63) is 28.8 Å². The molecule has 3 nitrogen and oxygen atoms in total. The standard InChI is InChI=1S/C14H19ClN2O/c1-10-5-3-4-8-17(10)14(18)12-9-11(15)6-7-13(12)16-2/h6-7,9-10,16H,3-5,8H2,1-2H3. The normalized spacial score (nSPS) is 19.7. The largest absolute Gasteiger partial charge is 0.387 e. The average molecular weight is 267 g/mol. The molecule has 4 heteroatoms. The fourth-order valence-electron chi connectivity index (χ4n) is 2.47. The zero-order valence-electron chi connectivity index (χ0n) is 10.9. The van der Waals surface area contributed by atoms with Gasteiger partial charge in [0.15, 0.2) is 0 Å². The molecule has 1 unspecified atom stereocenters. The number of benzene rings is 1. The Morgan fingerprint density at radius 2 is 2.22 bits per heavy atom. The molecule has 0 aliphatic carbocycles. The number of hydrogen-bond acceptors (Lipinski definition) is 2. The SMILES string of the molecule is CNc1ccc(Cl)cc1C(=O)N1CCCCC1C. The third-order valence-corrected chi connectivity index (χ3v) is 3.78. The maximum Gasteiger partial charge on any atom is 0.256 e. The van der Waals surface area contributed by atoms with Gasteiger partial charge in [-0.15, -0.1) is 0 Å². The lowest BCUT2D eigenvalue weighted by molar-refractivity contribution is 0.0636. The minimum atomic E-state index is 0.0778. The quantitative estimate of drug-likeness (QED) is 0.890. The van der Waals surface area contributed by atoms with E-state index in [-0.39, 0.29) is 5.91 Å². The summed E-state index contributed by atoms with van der Waals surface area (Å²) in [6.07, 6.45) is 3.38. The molecule has 1 aromatic carbocycles. The van der Waals surface area contributed by atoms with E-state index in [0.717, 1.165) is 25.1 Å². The zero-order valence-corrected chi connectivity index (χ0v) is 11.6. The number of piperidine rings is 1. The van der Waals surface area contributed by atoms with E-state index in [1.54, 1.807) is 12.1 Å². The van der Waals surface area contributed by atoms with Gasteiger partial charge in [-0.3, -0.25) is 4.79 Å². The summed E-state index contributed by atoms with van der Waals surface area (Å²) in [5, 5.41) is 3.65. The molecular weight excluding hydrogens is 248 g/mol. The third kappa shape index (κ3) is 2.61. The molecule has 1 fully saturated rings. The smallest absolute Gasteiger partial charge is 0.256 e. The van der Waals surface area contributed by atoms with Crippen molar-refractivity contribution in [3.63, 3.8) is 0 Å². The van der Waals surface area contributed by atoms with Gasteiger partial charge in [0.25, 0.3) is 5.91 Å². The number of anilines is 1. The van der Waals surface area contributed by atoms with Gasteiger partial charge in [-0.1, -0.05) is 11.6 Å². The summed E-state index contributed by atoms with van der Waals surface area (Å²) >= 11 is 5.99. The van der Waals surface area contributed by atoms with Crippen LogP contribution in [0.4, 0.5) is 5.69 Å². The summed E-state index contributed by atoms with van der Waals surface area (Å²) in [5.74, 6) is 0.0778. The lowest BCUT2D eigenvalue weighted by atomic mass is 10.0. The third-order valence-electron chi connectivity index (χ3n) is 3.55. The molecule has 2 rings (SSSR count). The average Bonchev–Trinajstić information content (AvgIpc) is 2.38. The summed E-state index contributed by atoms with van der Waals surface area (Å²) in [6.45, 7) is 2.95.